The summed E-state index contributed by atoms with van der Waals surface area (Å²) in [5.74, 6) is -0.568. The van der Waals surface area contributed by atoms with Gasteiger partial charge in [0.25, 0.3) is 5.91 Å². The van der Waals surface area contributed by atoms with Gasteiger partial charge in [-0.25, -0.2) is 0 Å². The van der Waals surface area contributed by atoms with Crippen LogP contribution in [0.3, 0.4) is 0 Å². The SMILES string of the molecule is O=C(Nc1ccccc1Cl)C1CCCN1C(=O)c1cc(Cl)ccc1Cl. The standard InChI is InChI=1S/C18H15Cl3N2O2/c19-11-7-8-13(20)12(10-11)18(25)23-9-3-6-16(23)17(24)22-15-5-2-1-4-14(15)21/h1-2,4-5,7-8,10,16H,3,6,9H2,(H,22,24). The number of halogens is 3. The Hall–Kier alpha value is -1.75. The smallest absolute Gasteiger partial charge is 0.256 e. The van der Waals surface area contributed by atoms with E-state index in [4.69, 9.17) is 34.8 Å². The maximum atomic E-state index is 12.8. The molecule has 0 spiro atoms. The maximum absolute atomic E-state index is 12.8. The highest BCUT2D eigenvalue weighted by Crippen LogP contribution is 2.28. The Morgan fingerprint density at radius 3 is 2.56 bits per heavy atom. The van der Waals surface area contributed by atoms with Crippen molar-refractivity contribution in [2.24, 2.45) is 0 Å². The van der Waals surface area contributed by atoms with Gasteiger partial charge >= 0.3 is 0 Å². The van der Waals surface area contributed by atoms with Gasteiger partial charge in [-0.2, -0.15) is 0 Å². The first-order valence-electron chi connectivity index (χ1n) is 7.79. The molecule has 0 aromatic heterocycles. The van der Waals surface area contributed by atoms with E-state index in [1.54, 1.807) is 36.4 Å². The molecular formula is C18H15Cl3N2O2. The van der Waals surface area contributed by atoms with Crippen LogP contribution in [0, 0.1) is 0 Å². The summed E-state index contributed by atoms with van der Waals surface area (Å²) in [7, 11) is 0. The lowest BCUT2D eigenvalue weighted by molar-refractivity contribution is -0.119. The number of carbonyl (C=O) groups excluding carboxylic acids is 2. The number of hydrogen-bond acceptors (Lipinski definition) is 2. The molecule has 25 heavy (non-hydrogen) atoms. The number of hydrogen-bond donors (Lipinski definition) is 1. The van der Waals surface area contributed by atoms with Gasteiger partial charge in [0.2, 0.25) is 5.91 Å². The van der Waals surface area contributed by atoms with Crippen molar-refractivity contribution in [1.82, 2.24) is 4.90 Å². The quantitative estimate of drug-likeness (QED) is 0.801. The second-order valence-corrected chi connectivity index (χ2v) is 7.00. The Labute approximate surface area is 160 Å². The van der Waals surface area contributed by atoms with Crippen LogP contribution in [0.5, 0.6) is 0 Å². The van der Waals surface area contributed by atoms with Crippen LogP contribution >= 0.6 is 34.8 Å². The molecule has 7 heteroatoms. The normalized spacial score (nSPS) is 16.8. The van der Waals surface area contributed by atoms with Gasteiger partial charge in [-0.1, -0.05) is 46.9 Å². The third-order valence-corrected chi connectivity index (χ3v) is 5.00. The fourth-order valence-corrected chi connectivity index (χ4v) is 3.43. The average Bonchev–Trinajstić information content (AvgIpc) is 3.08. The molecule has 130 valence electrons. The fraction of sp³-hybridized carbons (Fsp3) is 0.222. The van der Waals surface area contributed by atoms with Gasteiger partial charge in [0, 0.05) is 11.6 Å². The van der Waals surface area contributed by atoms with Crippen LogP contribution in [0.4, 0.5) is 5.69 Å². The molecule has 0 saturated carbocycles. The van der Waals surface area contributed by atoms with Crippen molar-refractivity contribution >= 4 is 52.3 Å². The second kappa shape index (κ2) is 7.65. The van der Waals surface area contributed by atoms with Crippen molar-refractivity contribution in [3.8, 4) is 0 Å². The Kier molecular flexibility index (Phi) is 5.52. The van der Waals surface area contributed by atoms with Gasteiger partial charge < -0.3 is 10.2 Å². The summed E-state index contributed by atoms with van der Waals surface area (Å²) >= 11 is 18.2. The van der Waals surface area contributed by atoms with Gasteiger partial charge in [-0.3, -0.25) is 9.59 Å². The van der Waals surface area contributed by atoms with E-state index in [-0.39, 0.29) is 11.8 Å². The number of carbonyl (C=O) groups is 2. The first-order valence-corrected chi connectivity index (χ1v) is 8.92. The van der Waals surface area contributed by atoms with Crippen molar-refractivity contribution < 1.29 is 9.59 Å². The molecule has 1 saturated heterocycles. The zero-order chi connectivity index (χ0) is 18.0. The number of rotatable bonds is 3. The summed E-state index contributed by atoms with van der Waals surface area (Å²) in [4.78, 5) is 27.0. The Bertz CT molecular complexity index is 826. The highest BCUT2D eigenvalue weighted by Gasteiger charge is 2.35. The lowest BCUT2D eigenvalue weighted by Gasteiger charge is -2.24. The van der Waals surface area contributed by atoms with E-state index in [0.717, 1.165) is 6.42 Å². The maximum Gasteiger partial charge on any atom is 0.256 e. The van der Waals surface area contributed by atoms with Crippen LogP contribution in [-0.2, 0) is 4.79 Å². The minimum Gasteiger partial charge on any atom is -0.327 e. The van der Waals surface area contributed by atoms with Crippen LogP contribution in [0.2, 0.25) is 15.1 Å². The molecule has 1 heterocycles. The molecule has 2 amide bonds. The van der Waals surface area contributed by atoms with Crippen LogP contribution in [0.25, 0.3) is 0 Å². The van der Waals surface area contributed by atoms with Gasteiger partial charge in [0.05, 0.1) is 21.3 Å². The summed E-state index contributed by atoms with van der Waals surface area (Å²) in [5, 5.41) is 3.97. The Morgan fingerprint density at radius 2 is 1.80 bits per heavy atom. The van der Waals surface area contributed by atoms with Gasteiger partial charge in [-0.15, -0.1) is 0 Å². The summed E-state index contributed by atoms with van der Waals surface area (Å²) in [5.41, 5.74) is 0.820. The lowest BCUT2D eigenvalue weighted by Crippen LogP contribution is -2.43. The van der Waals surface area contributed by atoms with Crippen molar-refractivity contribution in [3.63, 3.8) is 0 Å². The molecule has 0 radical (unpaired) electrons. The summed E-state index contributed by atoms with van der Waals surface area (Å²) in [6.45, 7) is 0.488. The number of para-hydroxylation sites is 1. The minimum atomic E-state index is -0.571. The molecule has 1 fully saturated rings. The lowest BCUT2D eigenvalue weighted by atomic mass is 10.1. The molecule has 1 unspecified atom stereocenters. The van der Waals surface area contributed by atoms with Crippen LogP contribution in [-0.4, -0.2) is 29.3 Å². The van der Waals surface area contributed by atoms with E-state index >= 15 is 0 Å². The number of nitrogens with one attached hydrogen (secondary N) is 1. The number of nitrogens with zero attached hydrogens (tertiary/aromatic N) is 1. The molecule has 3 rings (SSSR count). The molecule has 2 aromatic carbocycles. The highest BCUT2D eigenvalue weighted by molar-refractivity contribution is 6.36. The zero-order valence-electron chi connectivity index (χ0n) is 13.1. The van der Waals surface area contributed by atoms with Gasteiger partial charge in [0.1, 0.15) is 6.04 Å². The topological polar surface area (TPSA) is 49.4 Å². The number of benzene rings is 2. The molecule has 1 atom stereocenters. The van der Waals surface area contributed by atoms with Crippen LogP contribution in [0.1, 0.15) is 23.2 Å². The fourth-order valence-electron chi connectivity index (χ4n) is 2.88. The summed E-state index contributed by atoms with van der Waals surface area (Å²) in [6, 6.07) is 11.1. The van der Waals surface area contributed by atoms with E-state index in [0.29, 0.717) is 39.3 Å². The van der Waals surface area contributed by atoms with E-state index in [1.807, 2.05) is 0 Å². The molecule has 1 N–H and O–H groups in total. The van der Waals surface area contributed by atoms with E-state index < -0.39 is 6.04 Å². The second-order valence-electron chi connectivity index (χ2n) is 5.75. The van der Waals surface area contributed by atoms with E-state index in [9.17, 15) is 9.59 Å². The third kappa shape index (κ3) is 3.92. The molecule has 2 aromatic rings. The van der Waals surface area contributed by atoms with E-state index in [1.165, 1.54) is 11.0 Å². The predicted molar refractivity (Wildman–Crippen MR) is 101 cm³/mol. The predicted octanol–water partition coefficient (Wildman–Crippen LogP) is 4.89. The first-order chi connectivity index (χ1) is 12.0. The molecule has 1 aliphatic heterocycles. The molecular weight excluding hydrogens is 383 g/mol. The van der Waals surface area contributed by atoms with Gasteiger partial charge in [0.15, 0.2) is 0 Å². The number of anilines is 1. The van der Waals surface area contributed by atoms with Crippen LogP contribution in [0.15, 0.2) is 42.5 Å². The summed E-state index contributed by atoms with van der Waals surface area (Å²) < 4.78 is 0. The van der Waals surface area contributed by atoms with E-state index in [2.05, 4.69) is 5.32 Å². The summed E-state index contributed by atoms with van der Waals surface area (Å²) in [6.07, 6.45) is 1.32. The van der Waals surface area contributed by atoms with Crippen molar-refractivity contribution in [2.75, 3.05) is 11.9 Å². The molecule has 0 bridgehead atoms. The van der Waals surface area contributed by atoms with Crippen molar-refractivity contribution in [1.29, 1.82) is 0 Å². The average molecular weight is 398 g/mol. The third-order valence-electron chi connectivity index (χ3n) is 4.11. The highest BCUT2D eigenvalue weighted by atomic mass is 35.5. The molecule has 4 nitrogen and oxygen atoms in total. The van der Waals surface area contributed by atoms with Crippen molar-refractivity contribution in [3.05, 3.63) is 63.1 Å². The number of amides is 2. The minimum absolute atomic E-state index is 0.267. The molecule has 1 aliphatic rings. The van der Waals surface area contributed by atoms with Crippen molar-refractivity contribution in [2.45, 2.75) is 18.9 Å². The zero-order valence-corrected chi connectivity index (χ0v) is 15.4. The van der Waals surface area contributed by atoms with Gasteiger partial charge in [-0.05, 0) is 43.2 Å². The number of likely N-dealkylation sites (tertiary alicyclic amines) is 1. The largest absolute Gasteiger partial charge is 0.327 e. The monoisotopic (exact) mass is 396 g/mol. The molecule has 0 aliphatic carbocycles. The Balaban J connectivity index is 1.80. The van der Waals surface area contributed by atoms with Crippen LogP contribution < -0.4 is 5.32 Å². The first kappa shape index (κ1) is 18.1. The Morgan fingerprint density at radius 1 is 1.04 bits per heavy atom.